The molecule has 1 aliphatic rings. The molecule has 0 unspecified atom stereocenters. The number of fused-ring (bicyclic) bond motifs is 1. The molecule has 3 heterocycles. The number of carbonyl (C=O) groups is 1. The van der Waals surface area contributed by atoms with Gasteiger partial charge in [-0.05, 0) is 31.2 Å². The number of ether oxygens (including phenoxy) is 2. The van der Waals surface area contributed by atoms with Gasteiger partial charge in [-0.3, -0.25) is 15.1 Å². The van der Waals surface area contributed by atoms with Gasteiger partial charge in [-0.15, -0.1) is 11.3 Å². The van der Waals surface area contributed by atoms with E-state index in [1.165, 1.54) is 11.3 Å². The quantitative estimate of drug-likeness (QED) is 0.781. The van der Waals surface area contributed by atoms with Crippen LogP contribution in [0.2, 0.25) is 0 Å². The highest BCUT2D eigenvalue weighted by Crippen LogP contribution is 2.34. The number of amides is 1. The van der Waals surface area contributed by atoms with Gasteiger partial charge >= 0.3 is 0 Å². The third-order valence-electron chi connectivity index (χ3n) is 3.81. The van der Waals surface area contributed by atoms with Crippen molar-refractivity contribution >= 4 is 22.4 Å². The Bertz CT molecular complexity index is 897. The normalized spacial score (nSPS) is 18.6. The number of nitrogens with zero attached hydrogens (tertiary/aromatic N) is 2. The monoisotopic (exact) mass is 353 g/mol. The van der Waals surface area contributed by atoms with E-state index in [0.717, 1.165) is 11.3 Å². The van der Waals surface area contributed by atoms with E-state index >= 15 is 0 Å². The Hall–Kier alpha value is -2.93. The minimum Gasteiger partial charge on any atom is -0.482 e. The summed E-state index contributed by atoms with van der Waals surface area (Å²) in [6.45, 7) is 1.81. The predicted molar refractivity (Wildman–Crippen MR) is 94.9 cm³/mol. The van der Waals surface area contributed by atoms with E-state index in [4.69, 9.17) is 9.47 Å². The van der Waals surface area contributed by atoms with E-state index in [1.54, 1.807) is 18.5 Å². The van der Waals surface area contributed by atoms with Crippen molar-refractivity contribution in [3.05, 3.63) is 54.2 Å². The Kier molecular flexibility index (Phi) is 4.07. The molecular formula is C18H15N3O3S. The molecule has 0 aliphatic carbocycles. The number of thiazole rings is 1. The number of pyridine rings is 1. The highest BCUT2D eigenvalue weighted by molar-refractivity contribution is 7.14. The van der Waals surface area contributed by atoms with Crippen molar-refractivity contribution < 1.29 is 14.3 Å². The van der Waals surface area contributed by atoms with Gasteiger partial charge in [-0.1, -0.05) is 12.1 Å². The Balaban J connectivity index is 1.48. The topological polar surface area (TPSA) is 73.3 Å². The lowest BCUT2D eigenvalue weighted by molar-refractivity contribution is -0.128. The van der Waals surface area contributed by atoms with E-state index in [-0.39, 0.29) is 5.91 Å². The number of hydrogen-bond donors (Lipinski definition) is 1. The molecule has 0 saturated carbocycles. The Labute approximate surface area is 148 Å². The first-order valence-electron chi connectivity index (χ1n) is 7.80. The van der Waals surface area contributed by atoms with E-state index in [0.29, 0.717) is 16.6 Å². The molecule has 0 radical (unpaired) electrons. The second-order valence-corrected chi connectivity index (χ2v) is 6.43. The summed E-state index contributed by atoms with van der Waals surface area (Å²) >= 11 is 1.36. The van der Waals surface area contributed by atoms with Crippen molar-refractivity contribution in [2.75, 3.05) is 5.32 Å². The van der Waals surface area contributed by atoms with E-state index in [2.05, 4.69) is 15.3 Å². The summed E-state index contributed by atoms with van der Waals surface area (Å²) in [4.78, 5) is 21.0. The zero-order valence-electron chi connectivity index (χ0n) is 13.4. The summed E-state index contributed by atoms with van der Waals surface area (Å²) in [5.41, 5.74) is 1.74. The van der Waals surface area contributed by atoms with Crippen molar-refractivity contribution in [1.29, 1.82) is 0 Å². The molecule has 0 bridgehead atoms. The van der Waals surface area contributed by atoms with Crippen LogP contribution in [0.4, 0.5) is 5.13 Å². The van der Waals surface area contributed by atoms with Crippen molar-refractivity contribution in [3.63, 3.8) is 0 Å². The largest absolute Gasteiger partial charge is 0.482 e. The Morgan fingerprint density at radius 1 is 1.12 bits per heavy atom. The number of nitrogens with one attached hydrogen (secondary N) is 1. The molecule has 3 aromatic rings. The maximum Gasteiger partial charge on any atom is 0.271 e. The van der Waals surface area contributed by atoms with Crippen LogP contribution in [0, 0.1) is 0 Å². The summed E-state index contributed by atoms with van der Waals surface area (Å²) in [6, 6.07) is 11.1. The third-order valence-corrected chi connectivity index (χ3v) is 4.57. The van der Waals surface area contributed by atoms with Gasteiger partial charge in [-0.2, -0.15) is 0 Å². The van der Waals surface area contributed by atoms with Gasteiger partial charge < -0.3 is 9.47 Å². The molecule has 7 heteroatoms. The molecule has 0 spiro atoms. The minimum atomic E-state index is -0.733. The predicted octanol–water partition coefficient (Wildman–Crippen LogP) is 3.37. The Morgan fingerprint density at radius 2 is 1.84 bits per heavy atom. The summed E-state index contributed by atoms with van der Waals surface area (Å²) in [5.74, 6) is 0.934. The maximum atomic E-state index is 12.6. The van der Waals surface area contributed by atoms with Gasteiger partial charge in [-0.25, -0.2) is 4.98 Å². The van der Waals surface area contributed by atoms with Crippen LogP contribution in [0.25, 0.3) is 11.3 Å². The minimum absolute atomic E-state index is 0.280. The number of hydrogen-bond acceptors (Lipinski definition) is 6. The van der Waals surface area contributed by atoms with Crippen molar-refractivity contribution in [1.82, 2.24) is 9.97 Å². The molecule has 1 N–H and O–H groups in total. The lowest BCUT2D eigenvalue weighted by Gasteiger charge is -2.30. The molecule has 1 aliphatic heterocycles. The number of para-hydroxylation sites is 2. The first-order chi connectivity index (χ1) is 12.2. The van der Waals surface area contributed by atoms with Crippen LogP contribution >= 0.6 is 11.3 Å². The van der Waals surface area contributed by atoms with Gasteiger partial charge in [0.15, 0.2) is 16.6 Å². The molecule has 25 heavy (non-hydrogen) atoms. The molecule has 6 nitrogen and oxygen atoms in total. The van der Waals surface area contributed by atoms with Crippen LogP contribution in [0.1, 0.15) is 6.92 Å². The third kappa shape index (κ3) is 3.18. The lowest BCUT2D eigenvalue weighted by atomic mass is 10.1. The van der Waals surface area contributed by atoms with Crippen LogP contribution in [0.3, 0.4) is 0 Å². The van der Waals surface area contributed by atoms with E-state index < -0.39 is 12.2 Å². The van der Waals surface area contributed by atoms with Crippen molar-refractivity contribution in [3.8, 4) is 22.8 Å². The summed E-state index contributed by atoms with van der Waals surface area (Å²) in [5, 5.41) is 5.22. The first kappa shape index (κ1) is 15.6. The molecule has 0 fully saturated rings. The molecule has 2 atom stereocenters. The average Bonchev–Trinajstić information content (AvgIpc) is 3.10. The van der Waals surface area contributed by atoms with Crippen LogP contribution < -0.4 is 14.8 Å². The number of carbonyl (C=O) groups excluding carboxylic acids is 1. The smallest absolute Gasteiger partial charge is 0.271 e. The number of anilines is 1. The molecule has 0 saturated heterocycles. The fourth-order valence-electron chi connectivity index (χ4n) is 2.57. The summed E-state index contributed by atoms with van der Waals surface area (Å²) in [7, 11) is 0. The molecule has 1 aromatic carbocycles. The number of benzene rings is 1. The zero-order valence-corrected chi connectivity index (χ0v) is 14.2. The summed E-state index contributed by atoms with van der Waals surface area (Å²) < 4.78 is 11.6. The fourth-order valence-corrected chi connectivity index (χ4v) is 3.29. The van der Waals surface area contributed by atoms with Gasteiger partial charge in [0.25, 0.3) is 5.91 Å². The van der Waals surface area contributed by atoms with Crippen LogP contribution in [0.15, 0.2) is 54.2 Å². The second-order valence-electron chi connectivity index (χ2n) is 5.57. The van der Waals surface area contributed by atoms with Crippen molar-refractivity contribution in [2.24, 2.45) is 0 Å². The van der Waals surface area contributed by atoms with Crippen LogP contribution in [-0.2, 0) is 4.79 Å². The number of aromatic nitrogens is 2. The lowest BCUT2D eigenvalue weighted by Crippen LogP contribution is -2.46. The molecule has 2 aromatic heterocycles. The van der Waals surface area contributed by atoms with E-state index in [1.807, 2.05) is 42.6 Å². The average molecular weight is 353 g/mol. The maximum absolute atomic E-state index is 12.6. The van der Waals surface area contributed by atoms with Crippen LogP contribution in [-0.4, -0.2) is 28.1 Å². The Morgan fingerprint density at radius 3 is 2.60 bits per heavy atom. The first-order valence-corrected chi connectivity index (χ1v) is 8.68. The zero-order chi connectivity index (χ0) is 17.2. The fraction of sp³-hybridized carbons (Fsp3) is 0.167. The van der Waals surface area contributed by atoms with Crippen molar-refractivity contribution in [2.45, 2.75) is 19.1 Å². The SMILES string of the molecule is C[C@@H]1Oc2ccccc2O[C@@H]1C(=O)Nc1nc(-c2ccncc2)cs1. The van der Waals surface area contributed by atoms with Crippen LogP contribution in [0.5, 0.6) is 11.5 Å². The molecular weight excluding hydrogens is 338 g/mol. The molecule has 4 rings (SSSR count). The number of rotatable bonds is 3. The van der Waals surface area contributed by atoms with Gasteiger partial charge in [0.2, 0.25) is 6.10 Å². The molecule has 126 valence electrons. The standard InChI is InChI=1S/C18H15N3O3S/c1-11-16(24-15-5-3-2-4-14(15)23-11)17(22)21-18-20-13(10-25-18)12-6-8-19-9-7-12/h2-11,16H,1H3,(H,20,21,22)/t11-,16-/m0/s1. The second kappa shape index (κ2) is 6.52. The highest BCUT2D eigenvalue weighted by atomic mass is 32.1. The highest BCUT2D eigenvalue weighted by Gasteiger charge is 2.34. The summed E-state index contributed by atoms with van der Waals surface area (Å²) in [6.07, 6.45) is 2.29. The van der Waals surface area contributed by atoms with E-state index in [9.17, 15) is 4.79 Å². The van der Waals surface area contributed by atoms with Gasteiger partial charge in [0.05, 0.1) is 5.69 Å². The molecule has 1 amide bonds. The van der Waals surface area contributed by atoms with Gasteiger partial charge in [0.1, 0.15) is 6.10 Å². The van der Waals surface area contributed by atoms with Gasteiger partial charge in [0, 0.05) is 23.3 Å².